The molecule has 0 heterocycles. The van der Waals surface area contributed by atoms with Crippen LogP contribution in [0, 0.1) is 23.0 Å². The maximum Gasteiger partial charge on any atom is 0.343 e. The van der Waals surface area contributed by atoms with E-state index in [1.807, 2.05) is 24.3 Å². The highest BCUT2D eigenvalue weighted by molar-refractivity contribution is 5.91. The molecule has 3 aromatic carbocycles. The van der Waals surface area contributed by atoms with Gasteiger partial charge in [-0.25, -0.2) is 9.18 Å². The molecule has 0 spiro atoms. The summed E-state index contributed by atoms with van der Waals surface area (Å²) < 4.78 is 38.5. The Kier molecular flexibility index (Phi) is 9.16. The zero-order valence-electron chi connectivity index (χ0n) is 19.2. The fraction of sp³-hybridized carbons (Fsp3) is 0.286. The molecule has 0 aliphatic carbocycles. The van der Waals surface area contributed by atoms with Crippen molar-refractivity contribution in [2.45, 2.75) is 45.4 Å². The molecule has 0 fully saturated rings. The summed E-state index contributed by atoms with van der Waals surface area (Å²) in [5, 5.41) is 8.74. The Hall–Kier alpha value is -3.72. The van der Waals surface area contributed by atoms with Crippen molar-refractivity contribution < 1.29 is 23.0 Å². The molecule has 0 atom stereocenters. The number of carbonyl (C=O) groups excluding carboxylic acids is 1. The minimum absolute atomic E-state index is 0.187. The largest absolute Gasteiger partial charge is 0.494 e. The number of halogens is 2. The monoisotopic (exact) mass is 463 g/mol. The molecule has 0 bridgehead atoms. The van der Waals surface area contributed by atoms with E-state index in [2.05, 4.69) is 6.92 Å². The van der Waals surface area contributed by atoms with Gasteiger partial charge in [-0.05, 0) is 53.9 Å². The lowest BCUT2D eigenvalue weighted by molar-refractivity contribution is 0.0726. The molecule has 176 valence electrons. The standard InChI is InChI=1S/C28H27F2NO3/c1-2-3-4-5-6-7-18-33-24-15-12-21(13-16-24)20-8-10-22(11-9-20)28(32)34-25-17-14-23(19-31)26(29)27(25)30/h8-17H,2-7,18H2,1H3. The molecular weight excluding hydrogens is 436 g/mol. The van der Waals surface area contributed by atoms with Crippen molar-refractivity contribution in [3.05, 3.63) is 83.4 Å². The van der Waals surface area contributed by atoms with Gasteiger partial charge < -0.3 is 9.47 Å². The summed E-state index contributed by atoms with van der Waals surface area (Å²) in [6.45, 7) is 2.91. The highest BCUT2D eigenvalue weighted by Crippen LogP contribution is 2.25. The van der Waals surface area contributed by atoms with Crippen LogP contribution in [0.4, 0.5) is 8.78 Å². The topological polar surface area (TPSA) is 59.3 Å². The van der Waals surface area contributed by atoms with E-state index < -0.39 is 28.9 Å². The smallest absolute Gasteiger partial charge is 0.343 e. The molecule has 3 aromatic rings. The molecule has 0 aliphatic rings. The van der Waals surface area contributed by atoms with Crippen LogP contribution < -0.4 is 9.47 Å². The van der Waals surface area contributed by atoms with Gasteiger partial charge in [0.25, 0.3) is 0 Å². The normalized spacial score (nSPS) is 10.5. The number of benzene rings is 3. The Balaban J connectivity index is 1.54. The second-order valence-corrected chi connectivity index (χ2v) is 7.96. The number of carbonyl (C=O) groups is 1. The van der Waals surface area contributed by atoms with Gasteiger partial charge in [0.1, 0.15) is 11.8 Å². The van der Waals surface area contributed by atoms with Gasteiger partial charge in [-0.2, -0.15) is 9.65 Å². The summed E-state index contributed by atoms with van der Waals surface area (Å²) in [5.41, 5.74) is 1.56. The molecule has 0 amide bonds. The van der Waals surface area contributed by atoms with Crippen LogP contribution in [0.15, 0.2) is 60.7 Å². The minimum Gasteiger partial charge on any atom is -0.494 e. The molecule has 0 saturated carbocycles. The number of rotatable bonds is 11. The predicted molar refractivity (Wildman–Crippen MR) is 127 cm³/mol. The van der Waals surface area contributed by atoms with Gasteiger partial charge in [0.2, 0.25) is 5.82 Å². The third-order valence-corrected chi connectivity index (χ3v) is 5.44. The molecule has 0 radical (unpaired) electrons. The van der Waals surface area contributed by atoms with Crippen molar-refractivity contribution in [3.63, 3.8) is 0 Å². The van der Waals surface area contributed by atoms with Gasteiger partial charge in [0, 0.05) is 0 Å². The van der Waals surface area contributed by atoms with E-state index in [9.17, 15) is 13.6 Å². The second kappa shape index (κ2) is 12.5. The number of nitrogens with zero attached hydrogens (tertiary/aromatic N) is 1. The van der Waals surface area contributed by atoms with Gasteiger partial charge in [-0.15, -0.1) is 0 Å². The van der Waals surface area contributed by atoms with E-state index in [0.717, 1.165) is 35.4 Å². The van der Waals surface area contributed by atoms with Crippen LogP contribution >= 0.6 is 0 Å². The maximum absolute atomic E-state index is 14.0. The molecule has 0 aliphatic heterocycles. The predicted octanol–water partition coefficient (Wildman–Crippen LogP) is 7.46. The fourth-order valence-electron chi connectivity index (χ4n) is 3.47. The van der Waals surface area contributed by atoms with Crippen molar-refractivity contribution in [2.75, 3.05) is 6.61 Å². The quantitative estimate of drug-likeness (QED) is 0.168. The summed E-state index contributed by atoms with van der Waals surface area (Å²) >= 11 is 0. The lowest BCUT2D eigenvalue weighted by Gasteiger charge is -2.09. The minimum atomic E-state index is -1.37. The van der Waals surface area contributed by atoms with Gasteiger partial charge >= 0.3 is 5.97 Å². The van der Waals surface area contributed by atoms with Crippen LogP contribution in [0.3, 0.4) is 0 Å². The molecule has 34 heavy (non-hydrogen) atoms. The number of hydrogen-bond donors (Lipinski definition) is 0. The van der Waals surface area contributed by atoms with E-state index >= 15 is 0 Å². The average molecular weight is 464 g/mol. The lowest BCUT2D eigenvalue weighted by Crippen LogP contribution is -2.10. The van der Waals surface area contributed by atoms with Gasteiger partial charge in [0.05, 0.1) is 17.7 Å². The van der Waals surface area contributed by atoms with Crippen molar-refractivity contribution in [2.24, 2.45) is 0 Å². The molecule has 4 nitrogen and oxygen atoms in total. The number of ether oxygens (including phenoxy) is 2. The zero-order chi connectivity index (χ0) is 24.3. The van der Waals surface area contributed by atoms with Crippen LogP contribution in [0.1, 0.15) is 61.4 Å². The summed E-state index contributed by atoms with van der Waals surface area (Å²) in [4.78, 5) is 12.3. The van der Waals surface area contributed by atoms with Crippen LogP contribution in [-0.2, 0) is 0 Å². The van der Waals surface area contributed by atoms with E-state index in [-0.39, 0.29) is 5.56 Å². The van der Waals surface area contributed by atoms with Crippen molar-refractivity contribution >= 4 is 5.97 Å². The fourth-order valence-corrected chi connectivity index (χ4v) is 3.47. The number of hydrogen-bond acceptors (Lipinski definition) is 4. The lowest BCUT2D eigenvalue weighted by atomic mass is 10.0. The SMILES string of the molecule is CCCCCCCCOc1ccc(-c2ccc(C(=O)Oc3ccc(C#N)c(F)c3F)cc2)cc1. The van der Waals surface area contributed by atoms with Gasteiger partial charge in [0.15, 0.2) is 11.6 Å². The Bertz CT molecular complexity index is 1140. The molecule has 0 N–H and O–H groups in total. The third-order valence-electron chi connectivity index (χ3n) is 5.44. The van der Waals surface area contributed by atoms with Crippen LogP contribution in [0.5, 0.6) is 11.5 Å². The highest BCUT2D eigenvalue weighted by Gasteiger charge is 2.18. The highest BCUT2D eigenvalue weighted by atomic mass is 19.2. The first-order chi connectivity index (χ1) is 16.5. The number of unbranched alkanes of at least 4 members (excludes halogenated alkanes) is 5. The summed E-state index contributed by atoms with van der Waals surface area (Å²) in [7, 11) is 0. The molecule has 0 unspecified atom stereocenters. The van der Waals surface area contributed by atoms with E-state index in [1.165, 1.54) is 38.2 Å². The number of esters is 1. The summed E-state index contributed by atoms with van der Waals surface area (Å²) in [6, 6.07) is 18.0. The molecule has 3 rings (SSSR count). The van der Waals surface area contributed by atoms with Gasteiger partial charge in [-0.1, -0.05) is 63.3 Å². The van der Waals surface area contributed by atoms with E-state index in [1.54, 1.807) is 24.3 Å². The van der Waals surface area contributed by atoms with E-state index in [4.69, 9.17) is 14.7 Å². The van der Waals surface area contributed by atoms with Crippen molar-refractivity contribution in [3.8, 4) is 28.7 Å². The summed E-state index contributed by atoms with van der Waals surface area (Å²) in [6.07, 6.45) is 7.29. The third kappa shape index (κ3) is 6.64. The van der Waals surface area contributed by atoms with Gasteiger partial charge in [-0.3, -0.25) is 0 Å². The second-order valence-electron chi connectivity index (χ2n) is 7.96. The summed E-state index contributed by atoms with van der Waals surface area (Å²) in [5.74, 6) is -3.30. The Labute approximate surface area is 198 Å². The van der Waals surface area contributed by atoms with Crippen LogP contribution in [-0.4, -0.2) is 12.6 Å². The molecular formula is C28H27F2NO3. The molecule has 0 aromatic heterocycles. The van der Waals surface area contributed by atoms with Crippen LogP contribution in [0.25, 0.3) is 11.1 Å². The number of nitriles is 1. The van der Waals surface area contributed by atoms with Crippen molar-refractivity contribution in [1.82, 2.24) is 0 Å². The Morgan fingerprint density at radius 2 is 1.44 bits per heavy atom. The molecule has 6 heteroatoms. The maximum atomic E-state index is 14.0. The first-order valence-electron chi connectivity index (χ1n) is 11.5. The van der Waals surface area contributed by atoms with Crippen LogP contribution in [0.2, 0.25) is 0 Å². The Morgan fingerprint density at radius 1 is 0.824 bits per heavy atom. The zero-order valence-corrected chi connectivity index (χ0v) is 19.2. The first kappa shape index (κ1) is 24.9. The van der Waals surface area contributed by atoms with Crippen molar-refractivity contribution in [1.29, 1.82) is 5.26 Å². The average Bonchev–Trinajstić information content (AvgIpc) is 2.87. The molecule has 0 saturated heterocycles. The Morgan fingerprint density at radius 3 is 2.09 bits per heavy atom. The van der Waals surface area contributed by atoms with E-state index in [0.29, 0.717) is 6.61 Å². The first-order valence-corrected chi connectivity index (χ1v) is 11.5.